The molecule has 23 heavy (non-hydrogen) atoms. The molecule has 0 aliphatic carbocycles. The number of nitrogens with zero attached hydrogens (tertiary/aromatic N) is 4. The van der Waals surface area contributed by atoms with Crippen LogP contribution < -0.4 is 9.47 Å². The number of ether oxygens (including phenoxy) is 2. The van der Waals surface area contributed by atoms with Gasteiger partial charge in [0.2, 0.25) is 0 Å². The lowest BCUT2D eigenvalue weighted by atomic mass is 10.2. The van der Waals surface area contributed by atoms with Crippen molar-refractivity contribution in [3.05, 3.63) is 48.8 Å². The van der Waals surface area contributed by atoms with E-state index in [2.05, 4.69) is 15.1 Å². The van der Waals surface area contributed by atoms with E-state index in [-0.39, 0.29) is 0 Å². The van der Waals surface area contributed by atoms with Crippen LogP contribution in [0, 0.1) is 0 Å². The maximum atomic E-state index is 5.34. The van der Waals surface area contributed by atoms with Crippen molar-refractivity contribution in [2.24, 2.45) is 0 Å². The van der Waals surface area contributed by atoms with Gasteiger partial charge < -0.3 is 9.47 Å². The highest BCUT2D eigenvalue weighted by Gasteiger charge is 2.12. The third-order valence-corrected chi connectivity index (χ3v) is 3.72. The molecular formula is C17H14N4O2. The molecule has 2 aromatic carbocycles. The predicted molar refractivity (Wildman–Crippen MR) is 86.8 cm³/mol. The largest absolute Gasteiger partial charge is 0.493 e. The topological polar surface area (TPSA) is 61.5 Å². The van der Waals surface area contributed by atoms with Crippen LogP contribution in [-0.4, -0.2) is 33.8 Å². The van der Waals surface area contributed by atoms with Crippen molar-refractivity contribution in [3.8, 4) is 22.9 Å². The van der Waals surface area contributed by atoms with Gasteiger partial charge >= 0.3 is 0 Å². The summed E-state index contributed by atoms with van der Waals surface area (Å²) in [7, 11) is 3.22. The zero-order valence-electron chi connectivity index (χ0n) is 12.7. The average molecular weight is 306 g/mol. The van der Waals surface area contributed by atoms with Crippen LogP contribution in [0.15, 0.2) is 48.8 Å². The van der Waals surface area contributed by atoms with Gasteiger partial charge in [-0.05, 0) is 30.3 Å². The molecule has 114 valence electrons. The quantitative estimate of drug-likeness (QED) is 0.582. The fraction of sp³-hybridized carbons (Fsp3) is 0.118. The molecule has 4 aromatic rings. The first kappa shape index (κ1) is 13.5. The summed E-state index contributed by atoms with van der Waals surface area (Å²) in [5, 5.41) is 5.48. The third kappa shape index (κ3) is 2.15. The Morgan fingerprint density at radius 3 is 2.61 bits per heavy atom. The molecule has 2 heterocycles. The third-order valence-electron chi connectivity index (χ3n) is 3.72. The molecule has 0 N–H and O–H groups in total. The number of fused-ring (bicyclic) bond motifs is 3. The van der Waals surface area contributed by atoms with E-state index < -0.39 is 0 Å². The zero-order chi connectivity index (χ0) is 15.8. The minimum absolute atomic E-state index is 0.615. The molecule has 0 spiro atoms. The SMILES string of the molecule is COc1ccc(-c2nc3c4ccccc4ncn3n2)cc1OC. The van der Waals surface area contributed by atoms with Crippen molar-refractivity contribution in [1.29, 1.82) is 0 Å². The van der Waals surface area contributed by atoms with Gasteiger partial charge in [0.05, 0.1) is 19.7 Å². The Balaban J connectivity index is 1.91. The lowest BCUT2D eigenvalue weighted by Crippen LogP contribution is -1.92. The van der Waals surface area contributed by atoms with Crippen LogP contribution in [-0.2, 0) is 0 Å². The summed E-state index contributed by atoms with van der Waals surface area (Å²) >= 11 is 0. The molecule has 4 rings (SSSR count). The Kier molecular flexibility index (Phi) is 3.08. The van der Waals surface area contributed by atoms with Crippen LogP contribution in [0.5, 0.6) is 11.5 Å². The first-order chi connectivity index (χ1) is 11.3. The van der Waals surface area contributed by atoms with Crippen molar-refractivity contribution in [2.45, 2.75) is 0 Å². The molecule has 0 aliphatic heterocycles. The number of hydrogen-bond donors (Lipinski definition) is 0. The fourth-order valence-electron chi connectivity index (χ4n) is 2.58. The van der Waals surface area contributed by atoms with Gasteiger partial charge in [-0.1, -0.05) is 12.1 Å². The number of rotatable bonds is 3. The van der Waals surface area contributed by atoms with Gasteiger partial charge in [-0.25, -0.2) is 14.5 Å². The standard InChI is InChI=1S/C17H14N4O2/c1-22-14-8-7-11(9-15(14)23-2)16-19-17-12-5-3-4-6-13(12)18-10-21(17)20-16/h3-10H,1-2H3. The molecule has 6 heteroatoms. The summed E-state index contributed by atoms with van der Waals surface area (Å²) in [4.78, 5) is 9.05. The van der Waals surface area contributed by atoms with Gasteiger partial charge in [0.15, 0.2) is 23.0 Å². The minimum atomic E-state index is 0.615. The van der Waals surface area contributed by atoms with E-state index in [0.717, 1.165) is 22.1 Å². The van der Waals surface area contributed by atoms with Crippen molar-refractivity contribution < 1.29 is 9.47 Å². The van der Waals surface area contributed by atoms with Crippen LogP contribution in [0.3, 0.4) is 0 Å². The summed E-state index contributed by atoms with van der Waals surface area (Å²) in [6.45, 7) is 0. The Bertz CT molecular complexity index is 1010. The number of methoxy groups -OCH3 is 2. The summed E-state index contributed by atoms with van der Waals surface area (Å²) in [6.07, 6.45) is 1.68. The van der Waals surface area contributed by atoms with E-state index in [4.69, 9.17) is 9.47 Å². The molecule has 0 atom stereocenters. The number of para-hydroxylation sites is 1. The van der Waals surface area contributed by atoms with E-state index in [1.165, 1.54) is 0 Å². The molecule has 0 amide bonds. The monoisotopic (exact) mass is 306 g/mol. The summed E-state index contributed by atoms with van der Waals surface area (Å²) < 4.78 is 12.3. The lowest BCUT2D eigenvalue weighted by Gasteiger charge is -2.07. The van der Waals surface area contributed by atoms with Gasteiger partial charge in [-0.2, -0.15) is 0 Å². The smallest absolute Gasteiger partial charge is 0.182 e. The second-order valence-electron chi connectivity index (χ2n) is 5.04. The molecule has 0 unspecified atom stereocenters. The van der Waals surface area contributed by atoms with Gasteiger partial charge in [-0.15, -0.1) is 5.10 Å². The minimum Gasteiger partial charge on any atom is -0.493 e. The van der Waals surface area contributed by atoms with Crippen molar-refractivity contribution >= 4 is 16.6 Å². The normalized spacial score (nSPS) is 11.0. The van der Waals surface area contributed by atoms with Gasteiger partial charge in [0.25, 0.3) is 0 Å². The number of aromatic nitrogens is 4. The number of hydrogen-bond acceptors (Lipinski definition) is 5. The highest BCUT2D eigenvalue weighted by atomic mass is 16.5. The first-order valence-corrected chi connectivity index (χ1v) is 7.12. The van der Waals surface area contributed by atoms with E-state index in [1.54, 1.807) is 25.1 Å². The highest BCUT2D eigenvalue weighted by Crippen LogP contribution is 2.31. The van der Waals surface area contributed by atoms with Crippen LogP contribution in [0.4, 0.5) is 0 Å². The van der Waals surface area contributed by atoms with Gasteiger partial charge in [0, 0.05) is 10.9 Å². The van der Waals surface area contributed by atoms with Crippen molar-refractivity contribution in [1.82, 2.24) is 19.6 Å². The summed E-state index contributed by atoms with van der Waals surface area (Å²) in [6, 6.07) is 13.5. The van der Waals surface area contributed by atoms with E-state index in [9.17, 15) is 0 Å². The second-order valence-corrected chi connectivity index (χ2v) is 5.04. The van der Waals surface area contributed by atoms with Crippen LogP contribution in [0.25, 0.3) is 27.9 Å². The Hall–Kier alpha value is -3.15. The van der Waals surface area contributed by atoms with E-state index in [1.807, 2.05) is 42.5 Å². The van der Waals surface area contributed by atoms with Crippen LogP contribution in [0.1, 0.15) is 0 Å². The molecule has 0 bridgehead atoms. The molecular weight excluding hydrogens is 292 g/mol. The lowest BCUT2D eigenvalue weighted by molar-refractivity contribution is 0.355. The Morgan fingerprint density at radius 2 is 1.78 bits per heavy atom. The summed E-state index contributed by atoms with van der Waals surface area (Å²) in [5.41, 5.74) is 2.53. The first-order valence-electron chi connectivity index (χ1n) is 7.12. The molecule has 0 fully saturated rings. The molecule has 6 nitrogen and oxygen atoms in total. The Morgan fingerprint density at radius 1 is 0.957 bits per heavy atom. The number of benzene rings is 2. The summed E-state index contributed by atoms with van der Waals surface area (Å²) in [5.74, 6) is 1.93. The maximum Gasteiger partial charge on any atom is 0.182 e. The molecule has 0 radical (unpaired) electrons. The van der Waals surface area contributed by atoms with Crippen LogP contribution in [0.2, 0.25) is 0 Å². The molecule has 0 saturated carbocycles. The zero-order valence-corrected chi connectivity index (χ0v) is 12.7. The predicted octanol–water partition coefficient (Wildman–Crippen LogP) is 2.96. The van der Waals surface area contributed by atoms with Crippen LogP contribution >= 0.6 is 0 Å². The molecule has 0 aliphatic rings. The van der Waals surface area contributed by atoms with Gasteiger partial charge in [-0.3, -0.25) is 0 Å². The van der Waals surface area contributed by atoms with E-state index in [0.29, 0.717) is 17.3 Å². The van der Waals surface area contributed by atoms with Crippen molar-refractivity contribution in [2.75, 3.05) is 14.2 Å². The van der Waals surface area contributed by atoms with E-state index >= 15 is 0 Å². The van der Waals surface area contributed by atoms with Gasteiger partial charge in [0.1, 0.15) is 6.33 Å². The highest BCUT2D eigenvalue weighted by molar-refractivity contribution is 5.91. The maximum absolute atomic E-state index is 5.34. The fourth-order valence-corrected chi connectivity index (χ4v) is 2.58. The molecule has 0 saturated heterocycles. The van der Waals surface area contributed by atoms with Crippen molar-refractivity contribution in [3.63, 3.8) is 0 Å². The molecule has 2 aromatic heterocycles. The average Bonchev–Trinajstić information content (AvgIpc) is 3.05. The Labute approximate surface area is 132 Å². The second kappa shape index (κ2) is 5.24.